The third-order valence-corrected chi connectivity index (χ3v) is 3.15. The van der Waals surface area contributed by atoms with Crippen LogP contribution in [0.3, 0.4) is 0 Å². The van der Waals surface area contributed by atoms with Gasteiger partial charge in [-0.1, -0.05) is 0 Å². The van der Waals surface area contributed by atoms with Crippen LogP contribution in [0, 0.1) is 11.3 Å². The quantitative estimate of drug-likeness (QED) is 0.679. The smallest absolute Gasteiger partial charge is 0.159 e. The summed E-state index contributed by atoms with van der Waals surface area (Å²) < 4.78 is 10.3. The van der Waals surface area contributed by atoms with E-state index in [1.165, 1.54) is 0 Å². The van der Waals surface area contributed by atoms with Gasteiger partial charge in [0.25, 0.3) is 0 Å². The second-order valence-electron chi connectivity index (χ2n) is 4.23. The van der Waals surface area contributed by atoms with Crippen LogP contribution >= 0.6 is 0 Å². The van der Waals surface area contributed by atoms with E-state index in [0.29, 0.717) is 6.42 Å². The molecule has 1 saturated heterocycles. The van der Waals surface area contributed by atoms with Crippen LogP contribution < -0.4 is 5.32 Å². The molecule has 0 bridgehead atoms. The highest BCUT2D eigenvalue weighted by atomic mass is 16.7. The van der Waals surface area contributed by atoms with Crippen molar-refractivity contribution in [2.45, 2.75) is 25.2 Å². The van der Waals surface area contributed by atoms with Crippen LogP contribution in [0.5, 0.6) is 0 Å². The Kier molecular flexibility index (Phi) is 5.16. The largest absolute Gasteiger partial charge is 0.356 e. The van der Waals surface area contributed by atoms with Gasteiger partial charge in [-0.25, -0.2) is 0 Å². The highest BCUT2D eigenvalue weighted by Gasteiger charge is 2.35. The Morgan fingerprint density at radius 3 is 2.38 bits per heavy atom. The van der Waals surface area contributed by atoms with Crippen LogP contribution in [0.15, 0.2) is 0 Å². The van der Waals surface area contributed by atoms with Crippen LogP contribution in [0.2, 0.25) is 0 Å². The predicted octanol–water partition coefficient (Wildman–Crippen LogP) is 0.183. The molecule has 1 unspecified atom stereocenters. The normalized spacial score (nSPS) is 21.7. The highest BCUT2D eigenvalue weighted by molar-refractivity contribution is 5.06. The minimum absolute atomic E-state index is 0.320. The van der Waals surface area contributed by atoms with Gasteiger partial charge in [0, 0.05) is 46.8 Å². The number of nitriles is 1. The maximum absolute atomic E-state index is 9.35. The van der Waals surface area contributed by atoms with E-state index in [-0.39, 0.29) is 6.29 Å². The molecule has 1 rings (SSSR count). The van der Waals surface area contributed by atoms with E-state index in [0.717, 1.165) is 26.2 Å². The van der Waals surface area contributed by atoms with Crippen LogP contribution in [0.1, 0.15) is 13.3 Å². The van der Waals surface area contributed by atoms with Crippen molar-refractivity contribution in [3.05, 3.63) is 0 Å². The Labute approximate surface area is 97.3 Å². The van der Waals surface area contributed by atoms with Crippen LogP contribution in [-0.4, -0.2) is 57.1 Å². The monoisotopic (exact) mass is 227 g/mol. The maximum Gasteiger partial charge on any atom is 0.159 e. The molecule has 1 aliphatic rings. The van der Waals surface area contributed by atoms with E-state index < -0.39 is 5.54 Å². The van der Waals surface area contributed by atoms with Crippen molar-refractivity contribution in [2.24, 2.45) is 0 Å². The van der Waals surface area contributed by atoms with Crippen molar-refractivity contribution in [1.29, 1.82) is 5.26 Å². The van der Waals surface area contributed by atoms with E-state index in [1.54, 1.807) is 14.2 Å². The molecular weight excluding hydrogens is 206 g/mol. The highest BCUT2D eigenvalue weighted by Crippen LogP contribution is 2.22. The Hall–Kier alpha value is -0.670. The molecule has 0 saturated carbocycles. The van der Waals surface area contributed by atoms with Gasteiger partial charge >= 0.3 is 0 Å². The van der Waals surface area contributed by atoms with Crippen LogP contribution in [0.4, 0.5) is 0 Å². The lowest BCUT2D eigenvalue weighted by atomic mass is 9.96. The van der Waals surface area contributed by atoms with E-state index in [9.17, 15) is 5.26 Å². The summed E-state index contributed by atoms with van der Waals surface area (Å²) in [6.45, 7) is 5.60. The second kappa shape index (κ2) is 6.16. The van der Waals surface area contributed by atoms with Crippen LogP contribution in [-0.2, 0) is 9.47 Å². The lowest BCUT2D eigenvalue weighted by Crippen LogP contribution is -2.55. The van der Waals surface area contributed by atoms with Gasteiger partial charge < -0.3 is 14.8 Å². The summed E-state index contributed by atoms with van der Waals surface area (Å²) in [5.41, 5.74) is -0.515. The first-order chi connectivity index (χ1) is 7.66. The topological polar surface area (TPSA) is 57.5 Å². The van der Waals surface area contributed by atoms with Gasteiger partial charge in [0.15, 0.2) is 6.29 Å². The molecule has 1 heterocycles. The number of hydrogen-bond donors (Lipinski definition) is 1. The summed E-state index contributed by atoms with van der Waals surface area (Å²) in [5, 5.41) is 12.6. The molecule has 16 heavy (non-hydrogen) atoms. The van der Waals surface area contributed by atoms with Gasteiger partial charge in [-0.2, -0.15) is 5.26 Å². The fourth-order valence-corrected chi connectivity index (χ4v) is 1.99. The minimum Gasteiger partial charge on any atom is -0.356 e. The molecule has 0 spiro atoms. The van der Waals surface area contributed by atoms with Crippen molar-refractivity contribution >= 4 is 0 Å². The molecule has 0 aromatic heterocycles. The zero-order chi connectivity index (χ0) is 12.0. The average molecular weight is 227 g/mol. The zero-order valence-electron chi connectivity index (χ0n) is 10.3. The molecule has 5 nitrogen and oxygen atoms in total. The molecule has 0 aromatic rings. The lowest BCUT2D eigenvalue weighted by Gasteiger charge is -2.39. The molecular formula is C11H21N3O2. The molecule has 1 N–H and O–H groups in total. The number of methoxy groups -OCH3 is 2. The van der Waals surface area contributed by atoms with E-state index >= 15 is 0 Å². The number of nitrogens with one attached hydrogen (secondary N) is 1. The van der Waals surface area contributed by atoms with Crippen molar-refractivity contribution in [2.75, 3.05) is 40.4 Å². The fourth-order valence-electron chi connectivity index (χ4n) is 1.99. The Morgan fingerprint density at radius 1 is 1.38 bits per heavy atom. The predicted molar refractivity (Wildman–Crippen MR) is 60.9 cm³/mol. The number of rotatable bonds is 5. The summed E-state index contributed by atoms with van der Waals surface area (Å²) in [4.78, 5) is 2.19. The molecule has 0 aromatic carbocycles. The molecule has 92 valence electrons. The molecule has 0 aliphatic carbocycles. The molecule has 0 radical (unpaired) electrons. The number of hydrogen-bond acceptors (Lipinski definition) is 5. The summed E-state index contributed by atoms with van der Waals surface area (Å²) in [7, 11) is 3.20. The van der Waals surface area contributed by atoms with Gasteiger partial charge in [0.1, 0.15) is 5.54 Å². The van der Waals surface area contributed by atoms with E-state index in [2.05, 4.69) is 16.3 Å². The first-order valence-corrected chi connectivity index (χ1v) is 5.59. The number of piperazine rings is 1. The van der Waals surface area contributed by atoms with Crippen molar-refractivity contribution in [3.63, 3.8) is 0 Å². The zero-order valence-corrected chi connectivity index (χ0v) is 10.3. The number of ether oxygens (including phenoxy) is 2. The molecule has 1 atom stereocenters. The first kappa shape index (κ1) is 13.4. The lowest BCUT2D eigenvalue weighted by molar-refractivity contribution is -0.123. The van der Waals surface area contributed by atoms with E-state index in [1.807, 2.05) is 6.92 Å². The van der Waals surface area contributed by atoms with Crippen molar-refractivity contribution < 1.29 is 9.47 Å². The Bertz CT molecular complexity index is 244. The molecule has 0 amide bonds. The summed E-state index contributed by atoms with van der Waals surface area (Å²) >= 11 is 0. The van der Waals surface area contributed by atoms with Gasteiger partial charge in [-0.15, -0.1) is 0 Å². The Balaban J connectivity index is 2.64. The minimum atomic E-state index is -0.515. The van der Waals surface area contributed by atoms with Gasteiger partial charge in [-0.3, -0.25) is 4.90 Å². The van der Waals surface area contributed by atoms with Crippen molar-refractivity contribution in [1.82, 2.24) is 10.2 Å². The second-order valence-corrected chi connectivity index (χ2v) is 4.23. The van der Waals surface area contributed by atoms with Gasteiger partial charge in [0.2, 0.25) is 0 Å². The van der Waals surface area contributed by atoms with E-state index in [4.69, 9.17) is 9.47 Å². The SMILES string of the molecule is COC(CC(C)(C#N)N1CCNCC1)OC. The third kappa shape index (κ3) is 3.16. The third-order valence-electron chi connectivity index (χ3n) is 3.15. The standard InChI is InChI=1S/C11H21N3O2/c1-11(9-12,8-10(15-2)16-3)14-6-4-13-5-7-14/h10,13H,4-8H2,1-3H3. The van der Waals surface area contributed by atoms with Gasteiger partial charge in [0.05, 0.1) is 6.07 Å². The summed E-state index contributed by atoms with van der Waals surface area (Å²) in [5.74, 6) is 0. The molecule has 1 fully saturated rings. The van der Waals surface area contributed by atoms with Crippen LogP contribution in [0.25, 0.3) is 0 Å². The first-order valence-electron chi connectivity index (χ1n) is 5.59. The Morgan fingerprint density at radius 2 is 1.94 bits per heavy atom. The fraction of sp³-hybridized carbons (Fsp3) is 0.909. The summed E-state index contributed by atoms with van der Waals surface area (Å²) in [6, 6.07) is 2.39. The molecule has 5 heteroatoms. The number of nitrogens with zero attached hydrogens (tertiary/aromatic N) is 2. The average Bonchev–Trinajstić information content (AvgIpc) is 2.36. The van der Waals surface area contributed by atoms with Gasteiger partial charge in [-0.05, 0) is 6.92 Å². The summed E-state index contributed by atoms with van der Waals surface area (Å²) in [6.07, 6.45) is 0.246. The van der Waals surface area contributed by atoms with Crippen molar-refractivity contribution in [3.8, 4) is 6.07 Å². The maximum atomic E-state index is 9.35. The molecule has 1 aliphatic heterocycles.